The van der Waals surface area contributed by atoms with Gasteiger partial charge in [-0.15, -0.1) is 0 Å². The Balaban J connectivity index is 3.15. The van der Waals surface area contributed by atoms with Gasteiger partial charge in [-0.2, -0.15) is 8.42 Å². The number of halogens is 2. The molecule has 0 radical (unpaired) electrons. The van der Waals surface area contributed by atoms with Gasteiger partial charge in [-0.05, 0) is 6.08 Å². The van der Waals surface area contributed by atoms with Crippen molar-refractivity contribution in [2.45, 2.75) is 6.42 Å². The molecule has 11 heavy (non-hydrogen) atoms. The SMILES string of the molecule is O=S(=O)=C1C=C(Cl)C(Cl)=CC1. The lowest BCUT2D eigenvalue weighted by atomic mass is 10.2. The molecule has 2 nitrogen and oxygen atoms in total. The average Bonchev–Trinajstić information content (AvgIpc) is 1.94. The number of allylic oxidation sites excluding steroid dienone is 4. The summed E-state index contributed by atoms with van der Waals surface area (Å²) >= 11 is 11.2. The predicted octanol–water partition coefficient (Wildman–Crippen LogP) is 1.69. The van der Waals surface area contributed by atoms with Crippen LogP contribution >= 0.6 is 23.2 Å². The van der Waals surface area contributed by atoms with Gasteiger partial charge in [-0.25, -0.2) is 0 Å². The summed E-state index contributed by atoms with van der Waals surface area (Å²) in [5.74, 6) is 0. The third kappa shape index (κ3) is 2.09. The van der Waals surface area contributed by atoms with Crippen molar-refractivity contribution in [3.63, 3.8) is 0 Å². The average molecular weight is 211 g/mol. The van der Waals surface area contributed by atoms with Gasteiger partial charge >= 0.3 is 0 Å². The maximum atomic E-state index is 10.4. The maximum absolute atomic E-state index is 10.4. The zero-order valence-corrected chi connectivity index (χ0v) is 7.67. The quantitative estimate of drug-likeness (QED) is 0.571. The fraction of sp³-hybridized carbons (Fsp3) is 0.167. The molecule has 0 heterocycles. The van der Waals surface area contributed by atoms with E-state index in [2.05, 4.69) is 0 Å². The molecule has 1 aliphatic rings. The van der Waals surface area contributed by atoms with Crippen molar-refractivity contribution in [2.75, 3.05) is 0 Å². The van der Waals surface area contributed by atoms with E-state index in [-0.39, 0.29) is 9.90 Å². The van der Waals surface area contributed by atoms with E-state index in [4.69, 9.17) is 23.2 Å². The van der Waals surface area contributed by atoms with Gasteiger partial charge in [0.1, 0.15) is 0 Å². The van der Waals surface area contributed by atoms with Gasteiger partial charge in [-0.3, -0.25) is 0 Å². The van der Waals surface area contributed by atoms with E-state index < -0.39 is 10.3 Å². The minimum atomic E-state index is -2.19. The molecular weight excluding hydrogens is 207 g/mol. The lowest BCUT2D eigenvalue weighted by Crippen LogP contribution is -1.99. The van der Waals surface area contributed by atoms with Crippen LogP contribution in [0.3, 0.4) is 0 Å². The van der Waals surface area contributed by atoms with Crippen LogP contribution in [0.4, 0.5) is 0 Å². The molecule has 0 aromatic rings. The van der Waals surface area contributed by atoms with Crippen molar-refractivity contribution in [1.29, 1.82) is 0 Å². The van der Waals surface area contributed by atoms with Crippen molar-refractivity contribution in [1.82, 2.24) is 0 Å². The molecule has 0 fully saturated rings. The Morgan fingerprint density at radius 3 is 2.36 bits per heavy atom. The molecule has 1 rings (SSSR count). The summed E-state index contributed by atoms with van der Waals surface area (Å²) in [6.07, 6.45) is 3.24. The summed E-state index contributed by atoms with van der Waals surface area (Å²) in [5.41, 5.74) is 0. The first kappa shape index (κ1) is 8.84. The first-order valence-corrected chi connectivity index (χ1v) is 4.62. The Hall–Kier alpha value is -0.250. The molecule has 0 aromatic heterocycles. The van der Waals surface area contributed by atoms with Crippen LogP contribution in [0.1, 0.15) is 6.42 Å². The summed E-state index contributed by atoms with van der Waals surface area (Å²) < 4.78 is 20.8. The molecule has 0 bridgehead atoms. The van der Waals surface area contributed by atoms with Crippen LogP contribution in [0.25, 0.3) is 0 Å². The summed E-state index contributed by atoms with van der Waals surface area (Å²) in [4.78, 5) is 0.263. The van der Waals surface area contributed by atoms with Crippen molar-refractivity contribution in [3.8, 4) is 0 Å². The van der Waals surface area contributed by atoms with E-state index in [0.29, 0.717) is 11.5 Å². The van der Waals surface area contributed by atoms with Crippen molar-refractivity contribution < 1.29 is 8.42 Å². The van der Waals surface area contributed by atoms with Gasteiger partial charge in [0.15, 0.2) is 0 Å². The number of hydrogen-bond donors (Lipinski definition) is 0. The Labute approximate surface area is 75.6 Å². The molecule has 0 amide bonds. The molecule has 1 aliphatic carbocycles. The minimum absolute atomic E-state index is 0.263. The van der Waals surface area contributed by atoms with Crippen LogP contribution in [-0.4, -0.2) is 13.3 Å². The van der Waals surface area contributed by atoms with E-state index >= 15 is 0 Å². The molecular formula is C6H4Cl2O2S. The molecule has 0 N–H and O–H groups in total. The fourth-order valence-electron chi connectivity index (χ4n) is 0.673. The van der Waals surface area contributed by atoms with Gasteiger partial charge in [0, 0.05) is 6.42 Å². The zero-order chi connectivity index (χ0) is 8.43. The highest BCUT2D eigenvalue weighted by atomic mass is 35.5. The molecule has 0 saturated carbocycles. The summed E-state index contributed by atoms with van der Waals surface area (Å²) in [7, 11) is -2.19. The molecule has 0 aromatic carbocycles. The van der Waals surface area contributed by atoms with E-state index in [9.17, 15) is 8.42 Å². The zero-order valence-electron chi connectivity index (χ0n) is 5.34. The van der Waals surface area contributed by atoms with Gasteiger partial charge < -0.3 is 0 Å². The maximum Gasteiger partial charge on any atom is 0.217 e. The Bertz CT molecular complexity index is 354. The summed E-state index contributed by atoms with van der Waals surface area (Å²) in [6.45, 7) is 0. The largest absolute Gasteiger partial charge is 0.217 e. The summed E-state index contributed by atoms with van der Waals surface area (Å²) in [6, 6.07) is 0. The lowest BCUT2D eigenvalue weighted by Gasteiger charge is -2.02. The highest BCUT2D eigenvalue weighted by Gasteiger charge is 2.08. The van der Waals surface area contributed by atoms with Crippen molar-refractivity contribution in [2.24, 2.45) is 0 Å². The van der Waals surface area contributed by atoms with Gasteiger partial charge in [0.2, 0.25) is 10.3 Å². The Kier molecular flexibility index (Phi) is 2.76. The molecule has 60 valence electrons. The third-order valence-electron chi connectivity index (χ3n) is 1.21. The molecule has 5 heteroatoms. The van der Waals surface area contributed by atoms with Crippen LogP contribution in [0, 0.1) is 0 Å². The standard InChI is InChI=1S/C6H4Cl2O2S/c7-5-2-1-4(11(9)10)3-6(5)8/h2-3H,1H2. The van der Waals surface area contributed by atoms with Crippen LogP contribution in [0.15, 0.2) is 22.2 Å². The fourth-order valence-corrected chi connectivity index (χ4v) is 1.51. The third-order valence-corrected chi connectivity index (χ3v) is 2.69. The van der Waals surface area contributed by atoms with E-state index in [1.807, 2.05) is 0 Å². The molecule has 0 atom stereocenters. The first-order chi connectivity index (χ1) is 5.11. The number of rotatable bonds is 0. The van der Waals surface area contributed by atoms with Crippen LogP contribution < -0.4 is 0 Å². The van der Waals surface area contributed by atoms with Crippen LogP contribution in [-0.2, 0) is 10.3 Å². The first-order valence-electron chi connectivity index (χ1n) is 2.79. The molecule has 0 unspecified atom stereocenters. The molecule has 0 spiro atoms. The number of hydrogen-bond acceptors (Lipinski definition) is 2. The van der Waals surface area contributed by atoms with Crippen molar-refractivity contribution >= 4 is 38.4 Å². The van der Waals surface area contributed by atoms with E-state index in [1.165, 1.54) is 6.08 Å². The second-order valence-electron chi connectivity index (χ2n) is 1.95. The molecule has 0 saturated heterocycles. The van der Waals surface area contributed by atoms with Crippen LogP contribution in [0.2, 0.25) is 0 Å². The second kappa shape index (κ2) is 3.43. The van der Waals surface area contributed by atoms with Gasteiger partial charge in [0.05, 0.1) is 14.9 Å². The predicted molar refractivity (Wildman–Crippen MR) is 46.4 cm³/mol. The van der Waals surface area contributed by atoms with E-state index in [1.54, 1.807) is 6.08 Å². The summed E-state index contributed by atoms with van der Waals surface area (Å²) in [5, 5.41) is 0.679. The topological polar surface area (TPSA) is 34.1 Å². The smallest absolute Gasteiger partial charge is 0.184 e. The van der Waals surface area contributed by atoms with Crippen LogP contribution in [0.5, 0.6) is 0 Å². The van der Waals surface area contributed by atoms with E-state index in [0.717, 1.165) is 0 Å². The Morgan fingerprint density at radius 2 is 1.91 bits per heavy atom. The normalized spacial score (nSPS) is 17.5. The molecule has 0 aliphatic heterocycles. The lowest BCUT2D eigenvalue weighted by molar-refractivity contribution is 0.627. The van der Waals surface area contributed by atoms with Crippen molar-refractivity contribution in [3.05, 3.63) is 22.2 Å². The van der Waals surface area contributed by atoms with Gasteiger partial charge in [0.25, 0.3) is 0 Å². The monoisotopic (exact) mass is 210 g/mol. The highest BCUT2D eigenvalue weighted by Crippen LogP contribution is 2.23. The Morgan fingerprint density at radius 1 is 1.27 bits per heavy atom. The van der Waals surface area contributed by atoms with Gasteiger partial charge in [-0.1, -0.05) is 29.3 Å². The minimum Gasteiger partial charge on any atom is -0.184 e. The second-order valence-corrected chi connectivity index (χ2v) is 3.76. The highest BCUT2D eigenvalue weighted by molar-refractivity contribution is 7.73.